The molecule has 1 aromatic carbocycles. The Morgan fingerprint density at radius 3 is 2.62 bits per heavy atom. The zero-order valence-corrected chi connectivity index (χ0v) is 15.0. The molecule has 0 saturated carbocycles. The maximum absolute atomic E-state index is 12.2. The zero-order chi connectivity index (χ0) is 15.8. The third-order valence-corrected chi connectivity index (χ3v) is 6.38. The van der Waals surface area contributed by atoms with E-state index in [2.05, 4.69) is 26.2 Å². The minimum atomic E-state index is -3.86. The van der Waals surface area contributed by atoms with Gasteiger partial charge < -0.3 is 0 Å². The second kappa shape index (κ2) is 6.04. The first-order valence-electron chi connectivity index (χ1n) is 5.68. The molecule has 1 N–H and O–H groups in total. The number of carbonyl (C=O) groups excluding carboxylic acids is 1. The van der Waals surface area contributed by atoms with E-state index in [0.717, 1.165) is 21.4 Å². The van der Waals surface area contributed by atoms with Crippen molar-refractivity contribution in [2.24, 2.45) is 0 Å². The molecule has 5 nitrogen and oxygen atoms in total. The number of aryl methyl sites for hydroxylation is 2. The van der Waals surface area contributed by atoms with Crippen LogP contribution in [0.25, 0.3) is 0 Å². The van der Waals surface area contributed by atoms with Crippen molar-refractivity contribution in [1.29, 1.82) is 0 Å². The molecule has 0 bridgehead atoms. The van der Waals surface area contributed by atoms with Gasteiger partial charge in [0.2, 0.25) is 0 Å². The number of hydrogen-bond donors (Lipinski definition) is 1. The summed E-state index contributed by atoms with van der Waals surface area (Å²) in [5.74, 6) is -0.360. The summed E-state index contributed by atoms with van der Waals surface area (Å²) >= 11 is 4.13. The molecule has 2 aromatic rings. The molecule has 0 fully saturated rings. The molecule has 9 heteroatoms. The first kappa shape index (κ1) is 16.4. The van der Waals surface area contributed by atoms with Gasteiger partial charge in [0.1, 0.15) is 0 Å². The van der Waals surface area contributed by atoms with Crippen LogP contribution in [0.5, 0.6) is 0 Å². The highest BCUT2D eigenvalue weighted by Crippen LogP contribution is 2.30. The van der Waals surface area contributed by atoms with E-state index in [1.54, 1.807) is 12.1 Å². The van der Waals surface area contributed by atoms with E-state index in [4.69, 9.17) is 10.7 Å². The summed E-state index contributed by atoms with van der Waals surface area (Å²) in [6.45, 7) is 3.33. The van der Waals surface area contributed by atoms with Gasteiger partial charge in [-0.2, -0.15) is 0 Å². The highest BCUT2D eigenvalue weighted by Gasteiger charge is 2.20. The molecule has 1 heterocycles. The summed E-state index contributed by atoms with van der Waals surface area (Å²) in [4.78, 5) is 16.2. The first-order chi connectivity index (χ1) is 9.68. The maximum atomic E-state index is 12.2. The molecule has 0 aliphatic heterocycles. The number of carbonyl (C=O) groups is 1. The van der Waals surface area contributed by atoms with Gasteiger partial charge in [-0.1, -0.05) is 33.3 Å². The number of anilines is 1. The fourth-order valence-electron chi connectivity index (χ4n) is 1.67. The van der Waals surface area contributed by atoms with E-state index >= 15 is 0 Å². The first-order valence-corrected chi connectivity index (χ1v) is 9.60. The van der Waals surface area contributed by atoms with E-state index in [9.17, 15) is 13.2 Å². The van der Waals surface area contributed by atoms with Gasteiger partial charge in [0, 0.05) is 20.7 Å². The van der Waals surface area contributed by atoms with Gasteiger partial charge in [-0.25, -0.2) is 13.4 Å². The zero-order valence-electron chi connectivity index (χ0n) is 11.0. The molecular formula is C12H10BrClN2O3S2. The van der Waals surface area contributed by atoms with Gasteiger partial charge in [0.15, 0.2) is 9.34 Å². The number of rotatable bonds is 3. The van der Waals surface area contributed by atoms with Crippen molar-refractivity contribution in [3.8, 4) is 0 Å². The normalized spacial score (nSPS) is 11.4. The van der Waals surface area contributed by atoms with Gasteiger partial charge in [0.05, 0.1) is 5.69 Å². The minimum Gasteiger partial charge on any atom is -0.298 e. The monoisotopic (exact) mass is 408 g/mol. The van der Waals surface area contributed by atoms with Crippen molar-refractivity contribution in [2.75, 3.05) is 5.32 Å². The second-order valence-electron chi connectivity index (χ2n) is 4.24. The predicted octanol–water partition coefficient (Wildman–Crippen LogP) is 3.70. The average Bonchev–Trinajstić information content (AvgIpc) is 2.73. The van der Waals surface area contributed by atoms with E-state index in [0.29, 0.717) is 5.56 Å². The van der Waals surface area contributed by atoms with Crippen LogP contribution in [0.4, 0.5) is 5.13 Å². The third-order valence-electron chi connectivity index (χ3n) is 2.64. The lowest BCUT2D eigenvalue weighted by molar-refractivity contribution is 0.102. The molecule has 0 unspecified atom stereocenters. The Bertz CT molecular complexity index is 818. The molecule has 112 valence electrons. The summed E-state index contributed by atoms with van der Waals surface area (Å²) in [5.41, 5.74) is 1.54. The highest BCUT2D eigenvalue weighted by molar-refractivity contribution is 9.10. The number of benzene rings is 1. The van der Waals surface area contributed by atoms with Crippen LogP contribution in [0, 0.1) is 13.8 Å². The van der Waals surface area contributed by atoms with Crippen molar-refractivity contribution < 1.29 is 13.2 Å². The van der Waals surface area contributed by atoms with Crippen LogP contribution in [-0.2, 0) is 9.05 Å². The summed E-state index contributed by atoms with van der Waals surface area (Å²) in [5, 5.41) is 2.77. The lowest BCUT2D eigenvalue weighted by Gasteiger charge is -2.05. The topological polar surface area (TPSA) is 76.1 Å². The second-order valence-corrected chi connectivity index (χ2v) is 8.92. The van der Waals surface area contributed by atoms with Gasteiger partial charge in [-0.05, 0) is 31.5 Å². The van der Waals surface area contributed by atoms with Crippen LogP contribution >= 0.6 is 37.9 Å². The molecule has 0 spiro atoms. The standard InChI is InChI=1S/C12H10BrClN2O3S2/c1-6-3-4-8(13)5-9(6)10(17)16-12-15-7(2)11(20-12)21(14,18)19/h3-5H,1-2H3,(H,15,16,17). The fourth-order valence-corrected chi connectivity index (χ4v) is 4.37. The minimum absolute atomic E-state index is 0.0644. The number of halogens is 2. The summed E-state index contributed by atoms with van der Waals surface area (Å²) in [6, 6.07) is 5.32. The number of nitrogens with zero attached hydrogens (tertiary/aromatic N) is 1. The van der Waals surface area contributed by atoms with Crippen molar-refractivity contribution in [3.05, 3.63) is 39.5 Å². The molecule has 0 saturated heterocycles. The predicted molar refractivity (Wildman–Crippen MR) is 86.7 cm³/mol. The number of aromatic nitrogens is 1. The van der Waals surface area contributed by atoms with Crippen molar-refractivity contribution in [1.82, 2.24) is 4.98 Å². The summed E-state index contributed by atoms with van der Waals surface area (Å²) in [7, 11) is 1.44. The lowest BCUT2D eigenvalue weighted by Crippen LogP contribution is -2.13. The smallest absolute Gasteiger partial charge is 0.272 e. The Morgan fingerprint density at radius 1 is 1.38 bits per heavy atom. The van der Waals surface area contributed by atoms with Crippen LogP contribution in [0.1, 0.15) is 21.6 Å². The average molecular weight is 410 g/mol. The van der Waals surface area contributed by atoms with E-state index in [1.165, 1.54) is 6.92 Å². The van der Waals surface area contributed by atoms with Crippen LogP contribution in [-0.4, -0.2) is 19.3 Å². The van der Waals surface area contributed by atoms with E-state index < -0.39 is 9.05 Å². The quantitative estimate of drug-likeness (QED) is 0.784. The molecule has 2 rings (SSSR count). The fraction of sp³-hybridized carbons (Fsp3) is 0.167. The highest BCUT2D eigenvalue weighted by atomic mass is 79.9. The van der Waals surface area contributed by atoms with E-state index in [-0.39, 0.29) is 20.9 Å². The molecule has 1 aromatic heterocycles. The Balaban J connectivity index is 2.30. The summed E-state index contributed by atoms with van der Waals surface area (Å²) < 4.78 is 23.4. The molecule has 21 heavy (non-hydrogen) atoms. The Hall–Kier alpha value is -0.960. The van der Waals surface area contributed by atoms with Crippen molar-refractivity contribution in [3.63, 3.8) is 0 Å². The molecule has 0 aliphatic carbocycles. The van der Waals surface area contributed by atoms with Crippen LogP contribution < -0.4 is 5.32 Å². The third kappa shape index (κ3) is 3.82. The largest absolute Gasteiger partial charge is 0.298 e. The SMILES string of the molecule is Cc1ccc(Br)cc1C(=O)Nc1nc(C)c(S(=O)(=O)Cl)s1. The molecule has 0 aliphatic rings. The molecule has 0 atom stereocenters. The van der Waals surface area contributed by atoms with Crippen LogP contribution in [0.2, 0.25) is 0 Å². The number of nitrogens with one attached hydrogen (secondary N) is 1. The van der Waals surface area contributed by atoms with Gasteiger partial charge in [-0.15, -0.1) is 0 Å². The lowest BCUT2D eigenvalue weighted by atomic mass is 10.1. The van der Waals surface area contributed by atoms with Crippen molar-refractivity contribution >= 4 is 58.0 Å². The van der Waals surface area contributed by atoms with Gasteiger partial charge in [-0.3, -0.25) is 10.1 Å². The Labute approximate surface area is 138 Å². The van der Waals surface area contributed by atoms with Crippen LogP contribution in [0.3, 0.4) is 0 Å². The molecule has 0 radical (unpaired) electrons. The van der Waals surface area contributed by atoms with Crippen molar-refractivity contribution in [2.45, 2.75) is 18.1 Å². The Kier molecular flexibility index (Phi) is 4.72. The number of hydrogen-bond acceptors (Lipinski definition) is 5. The number of amides is 1. The molecular weight excluding hydrogens is 400 g/mol. The van der Waals surface area contributed by atoms with Gasteiger partial charge >= 0.3 is 0 Å². The van der Waals surface area contributed by atoms with Crippen LogP contribution in [0.15, 0.2) is 26.9 Å². The van der Waals surface area contributed by atoms with Gasteiger partial charge in [0.25, 0.3) is 15.0 Å². The summed E-state index contributed by atoms with van der Waals surface area (Å²) in [6.07, 6.45) is 0. The number of thiazole rings is 1. The molecule has 1 amide bonds. The maximum Gasteiger partial charge on any atom is 0.272 e. The van der Waals surface area contributed by atoms with E-state index in [1.807, 2.05) is 13.0 Å². The Morgan fingerprint density at radius 2 is 2.05 bits per heavy atom.